The molecule has 5 heteroatoms. The van der Waals surface area contributed by atoms with Crippen molar-refractivity contribution in [2.24, 2.45) is 0 Å². The highest BCUT2D eigenvalue weighted by atomic mass is 79.9. The lowest BCUT2D eigenvalue weighted by molar-refractivity contribution is 0.102. The smallest absolute Gasteiger partial charge is 0.255 e. The van der Waals surface area contributed by atoms with Crippen LogP contribution in [0.1, 0.15) is 15.9 Å². The second-order valence-electron chi connectivity index (χ2n) is 4.22. The minimum Gasteiger partial charge on any atom is -0.322 e. The van der Waals surface area contributed by atoms with Gasteiger partial charge in [0.15, 0.2) is 0 Å². The Kier molecular flexibility index (Phi) is 5.46. The fourth-order valence-corrected chi connectivity index (χ4v) is 2.35. The van der Waals surface area contributed by atoms with Crippen molar-refractivity contribution in [1.29, 1.82) is 0 Å². The lowest BCUT2D eigenvalue weighted by atomic mass is 10.1. The maximum Gasteiger partial charge on any atom is 0.255 e. The predicted octanol–water partition coefficient (Wildman–Crippen LogP) is 5.14. The summed E-state index contributed by atoms with van der Waals surface area (Å²) in [6, 6.07) is 12.7. The molecular weight excluding hydrogens is 361 g/mol. The fraction of sp³-hybridized carbons (Fsp3) is 0.133. The van der Waals surface area contributed by atoms with Crippen molar-refractivity contribution in [3.63, 3.8) is 0 Å². The number of alkyl halides is 1. The minimum atomic E-state index is -0.190. The van der Waals surface area contributed by atoms with Crippen LogP contribution in [-0.4, -0.2) is 11.8 Å². The van der Waals surface area contributed by atoms with Crippen molar-refractivity contribution in [3.05, 3.63) is 63.1 Å². The number of hydrogen-bond donors (Lipinski definition) is 1. The molecule has 0 saturated heterocycles. The Morgan fingerprint density at radius 3 is 2.45 bits per heavy atom. The van der Waals surface area contributed by atoms with E-state index in [1.807, 2.05) is 24.3 Å². The highest BCUT2D eigenvalue weighted by molar-refractivity contribution is 9.10. The number of rotatable bonds is 4. The Hall–Kier alpha value is -1.03. The molecule has 0 spiro atoms. The van der Waals surface area contributed by atoms with Gasteiger partial charge >= 0.3 is 0 Å². The summed E-state index contributed by atoms with van der Waals surface area (Å²) in [6.45, 7) is 0. The van der Waals surface area contributed by atoms with Gasteiger partial charge in [0, 0.05) is 21.6 Å². The summed E-state index contributed by atoms with van der Waals surface area (Å²) in [5.41, 5.74) is 2.40. The van der Waals surface area contributed by atoms with Gasteiger partial charge in [-0.3, -0.25) is 4.79 Å². The average molecular weight is 373 g/mol. The minimum absolute atomic E-state index is 0.190. The Balaban J connectivity index is 2.08. The van der Waals surface area contributed by atoms with Gasteiger partial charge in [0.25, 0.3) is 5.91 Å². The van der Waals surface area contributed by atoms with Crippen LogP contribution in [-0.2, 0) is 6.42 Å². The normalized spacial score (nSPS) is 10.3. The number of halogens is 3. The molecule has 2 aromatic rings. The number of hydrogen-bond acceptors (Lipinski definition) is 1. The van der Waals surface area contributed by atoms with Gasteiger partial charge in [-0.25, -0.2) is 0 Å². The van der Waals surface area contributed by atoms with Crippen molar-refractivity contribution >= 4 is 50.7 Å². The number of anilines is 1. The quantitative estimate of drug-likeness (QED) is 0.740. The summed E-state index contributed by atoms with van der Waals surface area (Å²) in [4.78, 5) is 12.1. The first kappa shape index (κ1) is 15.4. The summed E-state index contributed by atoms with van der Waals surface area (Å²) in [5.74, 6) is 0.396. The highest BCUT2D eigenvalue weighted by Crippen LogP contribution is 2.23. The Bertz CT molecular complexity index is 614. The van der Waals surface area contributed by atoms with Crippen molar-refractivity contribution in [2.45, 2.75) is 6.42 Å². The van der Waals surface area contributed by atoms with E-state index >= 15 is 0 Å². The SMILES string of the molecule is O=C(Nc1ccc(CCCl)cc1)c1ccc(Br)c(Cl)c1. The van der Waals surface area contributed by atoms with Crippen LogP contribution in [0.5, 0.6) is 0 Å². The maximum atomic E-state index is 12.1. The number of aryl methyl sites for hydroxylation is 1. The van der Waals surface area contributed by atoms with Crippen LogP contribution in [0.15, 0.2) is 46.9 Å². The molecule has 0 atom stereocenters. The third kappa shape index (κ3) is 3.98. The zero-order chi connectivity index (χ0) is 14.5. The average Bonchev–Trinajstić information content (AvgIpc) is 2.44. The molecule has 0 aliphatic rings. The van der Waals surface area contributed by atoms with Gasteiger partial charge in [-0.15, -0.1) is 11.6 Å². The van der Waals surface area contributed by atoms with Gasteiger partial charge in [0.2, 0.25) is 0 Å². The van der Waals surface area contributed by atoms with E-state index in [1.165, 1.54) is 0 Å². The van der Waals surface area contributed by atoms with Gasteiger partial charge in [0.1, 0.15) is 0 Å². The summed E-state index contributed by atoms with van der Waals surface area (Å²) in [7, 11) is 0. The van der Waals surface area contributed by atoms with E-state index in [-0.39, 0.29) is 5.91 Å². The number of benzene rings is 2. The van der Waals surface area contributed by atoms with Gasteiger partial charge in [-0.1, -0.05) is 23.7 Å². The van der Waals surface area contributed by atoms with Crippen molar-refractivity contribution in [2.75, 3.05) is 11.2 Å². The van der Waals surface area contributed by atoms with E-state index in [9.17, 15) is 4.79 Å². The van der Waals surface area contributed by atoms with Crippen LogP contribution < -0.4 is 5.32 Å². The summed E-state index contributed by atoms with van der Waals surface area (Å²) >= 11 is 15.0. The first-order valence-corrected chi connectivity index (χ1v) is 7.72. The molecule has 2 aromatic carbocycles. The molecule has 2 rings (SSSR count). The van der Waals surface area contributed by atoms with Crippen LogP contribution in [0.25, 0.3) is 0 Å². The molecule has 1 amide bonds. The molecule has 0 fully saturated rings. The lowest BCUT2D eigenvalue weighted by Crippen LogP contribution is -2.11. The molecule has 0 aliphatic heterocycles. The Labute approximate surface area is 136 Å². The number of carbonyl (C=O) groups is 1. The second-order valence-corrected chi connectivity index (χ2v) is 5.86. The van der Waals surface area contributed by atoms with Crippen LogP contribution in [0.2, 0.25) is 5.02 Å². The topological polar surface area (TPSA) is 29.1 Å². The molecule has 2 nitrogen and oxygen atoms in total. The molecule has 104 valence electrons. The van der Waals surface area contributed by atoms with Crippen molar-refractivity contribution in [1.82, 2.24) is 0 Å². The van der Waals surface area contributed by atoms with Crippen molar-refractivity contribution in [3.8, 4) is 0 Å². The molecule has 0 radical (unpaired) electrons. The number of amides is 1. The first-order chi connectivity index (χ1) is 9.60. The van der Waals surface area contributed by atoms with Gasteiger partial charge in [-0.05, 0) is 58.2 Å². The number of carbonyl (C=O) groups excluding carboxylic acids is 1. The fourth-order valence-electron chi connectivity index (χ4n) is 1.70. The van der Waals surface area contributed by atoms with E-state index in [4.69, 9.17) is 23.2 Å². The maximum absolute atomic E-state index is 12.1. The highest BCUT2D eigenvalue weighted by Gasteiger charge is 2.08. The van der Waals surface area contributed by atoms with E-state index < -0.39 is 0 Å². The molecule has 0 aromatic heterocycles. The molecule has 0 heterocycles. The standard InChI is InChI=1S/C15H12BrCl2NO/c16-13-6-3-11(9-14(13)18)15(20)19-12-4-1-10(2-5-12)7-8-17/h1-6,9H,7-8H2,(H,19,20). The van der Waals surface area contributed by atoms with Crippen LogP contribution in [0.3, 0.4) is 0 Å². The van der Waals surface area contributed by atoms with Gasteiger partial charge < -0.3 is 5.32 Å². The largest absolute Gasteiger partial charge is 0.322 e. The Morgan fingerprint density at radius 1 is 1.15 bits per heavy atom. The molecule has 0 aliphatic carbocycles. The molecule has 0 saturated carbocycles. The monoisotopic (exact) mass is 371 g/mol. The molecular formula is C15H12BrCl2NO. The van der Waals surface area contributed by atoms with E-state index in [0.29, 0.717) is 16.5 Å². The molecule has 0 bridgehead atoms. The Morgan fingerprint density at radius 2 is 1.85 bits per heavy atom. The summed E-state index contributed by atoms with van der Waals surface area (Å²) in [6.07, 6.45) is 0.818. The van der Waals surface area contributed by atoms with Gasteiger partial charge in [-0.2, -0.15) is 0 Å². The van der Waals surface area contributed by atoms with E-state index in [0.717, 1.165) is 22.1 Å². The zero-order valence-electron chi connectivity index (χ0n) is 10.5. The molecule has 20 heavy (non-hydrogen) atoms. The summed E-state index contributed by atoms with van der Waals surface area (Å²) < 4.78 is 0.765. The zero-order valence-corrected chi connectivity index (χ0v) is 13.6. The summed E-state index contributed by atoms with van der Waals surface area (Å²) in [5, 5.41) is 3.34. The van der Waals surface area contributed by atoms with Gasteiger partial charge in [0.05, 0.1) is 5.02 Å². The van der Waals surface area contributed by atoms with Crippen molar-refractivity contribution < 1.29 is 4.79 Å². The van der Waals surface area contributed by atoms with Crippen LogP contribution in [0.4, 0.5) is 5.69 Å². The number of nitrogens with one attached hydrogen (secondary N) is 1. The van der Waals surface area contributed by atoms with Crippen LogP contribution >= 0.6 is 39.1 Å². The van der Waals surface area contributed by atoms with E-state index in [1.54, 1.807) is 18.2 Å². The first-order valence-electron chi connectivity index (χ1n) is 6.01. The predicted molar refractivity (Wildman–Crippen MR) is 88.0 cm³/mol. The third-order valence-corrected chi connectivity index (χ3v) is 4.20. The third-order valence-electron chi connectivity index (χ3n) is 2.78. The van der Waals surface area contributed by atoms with Crippen LogP contribution in [0, 0.1) is 0 Å². The molecule has 1 N–H and O–H groups in total. The molecule has 0 unspecified atom stereocenters. The van der Waals surface area contributed by atoms with E-state index in [2.05, 4.69) is 21.2 Å². The second kappa shape index (κ2) is 7.11. The lowest BCUT2D eigenvalue weighted by Gasteiger charge is -2.07.